The van der Waals surface area contributed by atoms with Crippen LogP contribution in [-0.2, 0) is 54.8 Å². The molecule has 2 N–H and O–H groups in total. The van der Waals surface area contributed by atoms with Gasteiger partial charge in [0.15, 0.2) is 6.29 Å². The smallest absolute Gasteiger partial charge is 0.186 e. The van der Waals surface area contributed by atoms with Gasteiger partial charge in [0, 0.05) is 0 Å². The molecular formula is C37H43NO6. The van der Waals surface area contributed by atoms with Crippen molar-refractivity contribution in [1.82, 2.24) is 0 Å². The summed E-state index contributed by atoms with van der Waals surface area (Å²) in [6.45, 7) is -4.00. The standard InChI is InChI=1S/C37H43NO6/c38-22-13-23-40-37-36(43-27-32-20-11-4-12-21-32)35(42-26-31-18-9-3-10-19-31)34(41-25-30-16-7-2-8-17-30)33(44-37)28-39-24-29-14-5-1-6-15-29/h1-12,14-21,33-37H,13,22-28,38H2/t33-,34-,35+,36+,37?/m1/s1/i24D,25D,26D,27D/t24?,25?,26?,27?,33-,34-,35+,36+,37?. The Balaban J connectivity index is 1.52. The van der Waals surface area contributed by atoms with Crippen molar-refractivity contribution in [2.45, 2.75) is 63.5 Å². The van der Waals surface area contributed by atoms with E-state index >= 15 is 0 Å². The van der Waals surface area contributed by atoms with Gasteiger partial charge in [-0.25, -0.2) is 0 Å². The summed E-state index contributed by atoms with van der Waals surface area (Å²) in [6.07, 6.45) is -4.60. The van der Waals surface area contributed by atoms with Gasteiger partial charge in [-0.15, -0.1) is 0 Å². The Labute approximate surface area is 266 Å². The average molecular weight is 602 g/mol. The molecule has 0 saturated carbocycles. The molecule has 0 bridgehead atoms. The second-order valence-corrected chi connectivity index (χ2v) is 10.3. The van der Waals surface area contributed by atoms with E-state index in [-0.39, 0.29) is 13.2 Å². The summed E-state index contributed by atoms with van der Waals surface area (Å²) < 4.78 is 73.6. The van der Waals surface area contributed by atoms with Gasteiger partial charge >= 0.3 is 0 Å². The molecule has 232 valence electrons. The second-order valence-electron chi connectivity index (χ2n) is 10.3. The van der Waals surface area contributed by atoms with E-state index in [1.54, 1.807) is 48.5 Å². The molecule has 0 aliphatic carbocycles. The summed E-state index contributed by atoms with van der Waals surface area (Å²) in [6, 6.07) is 36.4. The van der Waals surface area contributed by atoms with E-state index in [4.69, 9.17) is 39.6 Å². The maximum atomic E-state index is 9.02. The van der Waals surface area contributed by atoms with Gasteiger partial charge in [0.1, 0.15) is 24.4 Å². The van der Waals surface area contributed by atoms with Gasteiger partial charge in [-0.3, -0.25) is 0 Å². The van der Waals surface area contributed by atoms with Crippen LogP contribution in [0.3, 0.4) is 0 Å². The van der Waals surface area contributed by atoms with E-state index < -0.39 is 57.0 Å². The van der Waals surface area contributed by atoms with Crippen molar-refractivity contribution in [2.24, 2.45) is 5.73 Å². The van der Waals surface area contributed by atoms with Gasteiger partial charge in [-0.2, -0.15) is 0 Å². The minimum atomic E-state index is -1.17. The van der Waals surface area contributed by atoms with E-state index in [2.05, 4.69) is 0 Å². The zero-order chi connectivity index (χ0) is 33.7. The van der Waals surface area contributed by atoms with Crippen LogP contribution in [0.1, 0.15) is 34.2 Å². The molecule has 1 aliphatic heterocycles. The first-order chi connectivity index (χ1) is 23.4. The average Bonchev–Trinajstić information content (AvgIpc) is 3.14. The molecule has 44 heavy (non-hydrogen) atoms. The third-order valence-corrected chi connectivity index (χ3v) is 6.98. The van der Waals surface area contributed by atoms with Crippen molar-refractivity contribution in [3.05, 3.63) is 144 Å². The van der Waals surface area contributed by atoms with Crippen LogP contribution in [0.2, 0.25) is 0 Å². The Bertz CT molecular complexity index is 1460. The van der Waals surface area contributed by atoms with E-state index in [1.807, 2.05) is 72.8 Å². The molecule has 1 heterocycles. The Morgan fingerprint density at radius 1 is 0.545 bits per heavy atom. The highest BCUT2D eigenvalue weighted by Crippen LogP contribution is 2.31. The summed E-state index contributed by atoms with van der Waals surface area (Å²) in [5.41, 5.74) is 8.24. The van der Waals surface area contributed by atoms with Crippen LogP contribution in [0, 0.1) is 0 Å². The minimum Gasteiger partial charge on any atom is -0.374 e. The molecular weight excluding hydrogens is 554 g/mol. The molecule has 1 aliphatic rings. The quantitative estimate of drug-likeness (QED) is 0.148. The largest absolute Gasteiger partial charge is 0.374 e. The molecule has 0 spiro atoms. The fourth-order valence-electron chi connectivity index (χ4n) is 4.73. The summed E-state index contributed by atoms with van der Waals surface area (Å²) in [7, 11) is 0. The Kier molecular flexibility index (Phi) is 10.9. The normalized spacial score (nSPS) is 25.9. The highest BCUT2D eigenvalue weighted by molar-refractivity contribution is 5.16. The van der Waals surface area contributed by atoms with Crippen molar-refractivity contribution >= 4 is 0 Å². The monoisotopic (exact) mass is 601 g/mol. The van der Waals surface area contributed by atoms with E-state index in [0.29, 0.717) is 35.2 Å². The van der Waals surface area contributed by atoms with Crippen molar-refractivity contribution in [3.8, 4) is 0 Å². The molecule has 9 atom stereocenters. The van der Waals surface area contributed by atoms with Gasteiger partial charge in [0.2, 0.25) is 0 Å². The molecule has 0 radical (unpaired) electrons. The number of benzene rings is 4. The second kappa shape index (κ2) is 17.8. The third kappa shape index (κ3) is 9.81. The summed E-state index contributed by atoms with van der Waals surface area (Å²) in [5, 5.41) is 0. The Hall–Kier alpha value is -3.40. The lowest BCUT2D eigenvalue weighted by Crippen LogP contribution is -2.61. The molecule has 7 heteroatoms. The van der Waals surface area contributed by atoms with Crippen molar-refractivity contribution < 1.29 is 33.9 Å². The molecule has 0 amide bonds. The first kappa shape index (κ1) is 27.0. The van der Waals surface area contributed by atoms with Crippen molar-refractivity contribution in [3.63, 3.8) is 0 Å². The topological polar surface area (TPSA) is 81.4 Å². The van der Waals surface area contributed by atoms with Crippen LogP contribution in [0.25, 0.3) is 0 Å². The van der Waals surface area contributed by atoms with Crippen molar-refractivity contribution in [1.29, 1.82) is 0 Å². The molecule has 1 fully saturated rings. The lowest BCUT2D eigenvalue weighted by Gasteiger charge is -2.46. The van der Waals surface area contributed by atoms with E-state index in [9.17, 15) is 0 Å². The number of ether oxygens (including phenoxy) is 6. The van der Waals surface area contributed by atoms with Crippen LogP contribution in [0.5, 0.6) is 0 Å². The van der Waals surface area contributed by atoms with Crippen LogP contribution < -0.4 is 5.73 Å². The maximum Gasteiger partial charge on any atom is 0.186 e. The lowest BCUT2D eigenvalue weighted by molar-refractivity contribution is -0.328. The predicted molar refractivity (Wildman–Crippen MR) is 169 cm³/mol. The Morgan fingerprint density at radius 2 is 0.977 bits per heavy atom. The lowest BCUT2D eigenvalue weighted by atomic mass is 9.97. The fourth-order valence-corrected chi connectivity index (χ4v) is 4.73. The zero-order valence-corrected chi connectivity index (χ0v) is 24.6. The summed E-state index contributed by atoms with van der Waals surface area (Å²) >= 11 is 0. The van der Waals surface area contributed by atoms with E-state index in [1.165, 1.54) is 0 Å². The van der Waals surface area contributed by atoms with Gasteiger partial charge < -0.3 is 34.2 Å². The molecule has 4 aromatic carbocycles. The third-order valence-electron chi connectivity index (χ3n) is 6.98. The highest BCUT2D eigenvalue weighted by atomic mass is 16.7. The molecule has 1 saturated heterocycles. The molecule has 5 unspecified atom stereocenters. The van der Waals surface area contributed by atoms with Gasteiger partial charge in [0.05, 0.1) is 45.0 Å². The number of hydrogen-bond donors (Lipinski definition) is 1. The van der Waals surface area contributed by atoms with E-state index in [0.717, 1.165) is 0 Å². The number of hydrogen-bond acceptors (Lipinski definition) is 7. The van der Waals surface area contributed by atoms with Crippen LogP contribution in [0.15, 0.2) is 121 Å². The maximum absolute atomic E-state index is 9.02. The predicted octanol–water partition coefficient (Wildman–Crippen LogP) is 6.05. The fraction of sp³-hybridized carbons (Fsp3) is 0.351. The summed E-state index contributed by atoms with van der Waals surface area (Å²) in [5.74, 6) is 0. The Morgan fingerprint density at radius 3 is 1.45 bits per heavy atom. The summed E-state index contributed by atoms with van der Waals surface area (Å²) in [4.78, 5) is 0. The SMILES string of the molecule is [2H]C(OC[C@H]1OC(OCCCN)[C@@H](OC([2H])c2ccccc2)[C@@H](OC([2H])c2ccccc2)[C@@H]1OC([2H])c1ccccc1)c1ccccc1. The zero-order valence-electron chi connectivity index (χ0n) is 28.6. The highest BCUT2D eigenvalue weighted by Gasteiger charge is 2.49. The van der Waals surface area contributed by atoms with Crippen LogP contribution in [-0.4, -0.2) is 50.5 Å². The molecule has 7 nitrogen and oxygen atoms in total. The van der Waals surface area contributed by atoms with Crippen LogP contribution >= 0.6 is 0 Å². The number of nitrogens with two attached hydrogens (primary N) is 1. The first-order valence-electron chi connectivity index (χ1n) is 17.2. The van der Waals surface area contributed by atoms with Gasteiger partial charge in [-0.05, 0) is 35.2 Å². The molecule has 5 rings (SSSR count). The van der Waals surface area contributed by atoms with Crippen molar-refractivity contribution in [2.75, 3.05) is 19.8 Å². The van der Waals surface area contributed by atoms with Crippen LogP contribution in [0.4, 0.5) is 0 Å². The first-order valence-corrected chi connectivity index (χ1v) is 14.9. The van der Waals surface area contributed by atoms with Gasteiger partial charge in [-0.1, -0.05) is 121 Å². The minimum absolute atomic E-state index is 0.116. The number of rotatable bonds is 17. The molecule has 4 aromatic rings. The van der Waals surface area contributed by atoms with Gasteiger partial charge in [0.25, 0.3) is 0 Å². The molecule has 0 aromatic heterocycles.